The van der Waals surface area contributed by atoms with Crippen LogP contribution >= 0.6 is 0 Å². The number of methoxy groups -OCH3 is 1. The fourth-order valence-electron chi connectivity index (χ4n) is 5.42. The van der Waals surface area contributed by atoms with Gasteiger partial charge in [0.05, 0.1) is 25.4 Å². The van der Waals surface area contributed by atoms with Gasteiger partial charge < -0.3 is 31.0 Å². The minimum absolute atomic E-state index is 0.166. The number of benzene rings is 1. The van der Waals surface area contributed by atoms with Crippen molar-refractivity contribution in [3.63, 3.8) is 0 Å². The molecular formula is C35H42FN7O3. The molecule has 0 unspecified atom stereocenters. The highest BCUT2D eigenvalue weighted by atomic mass is 19.1. The normalized spacial score (nSPS) is 19.0. The summed E-state index contributed by atoms with van der Waals surface area (Å²) < 4.78 is 18.7. The average molecular weight is 628 g/mol. The highest BCUT2D eigenvalue weighted by Crippen LogP contribution is 2.22. The maximum Gasteiger partial charge on any atom is 0.407 e. The van der Waals surface area contributed by atoms with Crippen LogP contribution in [0.15, 0.2) is 59.4 Å². The van der Waals surface area contributed by atoms with E-state index in [1.54, 1.807) is 35.4 Å². The Balaban J connectivity index is 1.52. The Kier molecular flexibility index (Phi) is 12.6. The van der Waals surface area contributed by atoms with E-state index in [1.165, 1.54) is 13.2 Å². The highest BCUT2D eigenvalue weighted by molar-refractivity contribution is 5.94. The number of aliphatic imine (C=N–C) groups is 1. The van der Waals surface area contributed by atoms with Gasteiger partial charge in [-0.15, -0.1) is 0 Å². The van der Waals surface area contributed by atoms with Crippen LogP contribution in [0, 0.1) is 35.4 Å². The number of allylic oxidation sites excluding steroid dienone is 4. The number of aryl methyl sites for hydroxylation is 1. The van der Waals surface area contributed by atoms with E-state index in [0.717, 1.165) is 31.6 Å². The molecule has 3 heterocycles. The van der Waals surface area contributed by atoms with Crippen LogP contribution in [0.25, 0.3) is 0 Å². The molecule has 1 aromatic carbocycles. The number of imidazole rings is 1. The smallest absolute Gasteiger partial charge is 0.407 e. The molecule has 0 bridgehead atoms. The van der Waals surface area contributed by atoms with Gasteiger partial charge in [0.1, 0.15) is 34.9 Å². The molecule has 5 N–H and O–H groups in total. The molecule has 11 heteroatoms. The van der Waals surface area contributed by atoms with E-state index >= 15 is 0 Å². The number of amides is 2. The molecule has 0 aliphatic carbocycles. The summed E-state index contributed by atoms with van der Waals surface area (Å²) in [5, 5.41) is 6.04. The van der Waals surface area contributed by atoms with E-state index in [1.807, 2.05) is 26.0 Å². The van der Waals surface area contributed by atoms with Crippen LogP contribution in [-0.4, -0.2) is 65.0 Å². The number of hydrogen-bond acceptors (Lipinski definition) is 6. The second-order valence-electron chi connectivity index (χ2n) is 11.5. The lowest BCUT2D eigenvalue weighted by atomic mass is 10.0. The van der Waals surface area contributed by atoms with E-state index in [4.69, 9.17) is 10.5 Å². The van der Waals surface area contributed by atoms with Crippen molar-refractivity contribution in [3.05, 3.63) is 77.3 Å². The minimum Gasteiger partial charge on any atom is -0.453 e. The first-order valence-electron chi connectivity index (χ1n) is 15.7. The molecule has 2 saturated heterocycles. The number of aromatic amines is 1. The SMILES string of the molecule is COC(=O)N[C@H](C(=O)N1CCC[C@H]1C(N)=N/C(C#CC#Cc1cnc([C@@H]2CCCN2)[nH]1)=C\C=C/CCc1ccccc1F)C(C)C. The van der Waals surface area contributed by atoms with Gasteiger partial charge in [0.2, 0.25) is 5.91 Å². The van der Waals surface area contributed by atoms with Crippen molar-refractivity contribution >= 4 is 17.8 Å². The second kappa shape index (κ2) is 17.0. The van der Waals surface area contributed by atoms with Crippen molar-refractivity contribution in [2.45, 2.75) is 70.5 Å². The topological polar surface area (TPSA) is 138 Å². The standard InChI is InChI=1S/C35H42FN7O3/c1-24(2)31(42-35(45)46-3)34(44)43-22-12-20-30(43)32(37)40-26(15-6-4-5-13-25-14-7-10-18-28(25)36)16-8-9-17-27-23-39-33(41-27)29-19-11-21-38-29/h4,6-7,10,14-15,18,23-24,29-31,38H,5,11-13,19-22H2,1-3H3,(H2,37,40)(H,39,41)(H,42,45)/b6-4-,26-15-/t29-,30-,31-/m0/s1. The Morgan fingerprint density at radius 3 is 2.83 bits per heavy atom. The number of carbonyl (C=O) groups is 2. The first kappa shape index (κ1) is 34.0. The maximum absolute atomic E-state index is 14.0. The molecular weight excluding hydrogens is 585 g/mol. The Morgan fingerprint density at radius 1 is 1.26 bits per heavy atom. The van der Waals surface area contributed by atoms with E-state index in [9.17, 15) is 14.0 Å². The lowest BCUT2D eigenvalue weighted by molar-refractivity contribution is -0.134. The number of rotatable bonds is 10. The molecule has 242 valence electrons. The number of carbonyl (C=O) groups excluding carboxylic acids is 2. The monoisotopic (exact) mass is 627 g/mol. The van der Waals surface area contributed by atoms with Crippen LogP contribution in [0.4, 0.5) is 9.18 Å². The molecule has 2 aliphatic heterocycles. The van der Waals surface area contributed by atoms with Gasteiger partial charge in [0, 0.05) is 6.54 Å². The summed E-state index contributed by atoms with van der Waals surface area (Å²) in [5.74, 6) is 12.1. The predicted molar refractivity (Wildman–Crippen MR) is 176 cm³/mol. The molecule has 2 aliphatic rings. The molecule has 46 heavy (non-hydrogen) atoms. The van der Waals surface area contributed by atoms with Gasteiger partial charge in [-0.1, -0.05) is 44.2 Å². The molecule has 10 nitrogen and oxygen atoms in total. The Hall–Kier alpha value is -4.87. The number of nitrogens with two attached hydrogens (primary N) is 1. The lowest BCUT2D eigenvalue weighted by Gasteiger charge is -2.30. The number of hydrogen-bond donors (Lipinski definition) is 4. The quantitative estimate of drug-likeness (QED) is 0.135. The van der Waals surface area contributed by atoms with Gasteiger partial charge in [-0.25, -0.2) is 19.2 Å². The van der Waals surface area contributed by atoms with Crippen LogP contribution in [0.3, 0.4) is 0 Å². The molecule has 2 fully saturated rings. The molecule has 3 atom stereocenters. The number of nitrogens with one attached hydrogen (secondary N) is 3. The summed E-state index contributed by atoms with van der Waals surface area (Å²) in [4.78, 5) is 39.3. The van der Waals surface area contributed by atoms with Gasteiger partial charge in [0.15, 0.2) is 0 Å². The van der Waals surface area contributed by atoms with Gasteiger partial charge in [0.25, 0.3) is 0 Å². The van der Waals surface area contributed by atoms with Gasteiger partial charge in [-0.3, -0.25) is 4.79 Å². The third-order valence-electron chi connectivity index (χ3n) is 7.88. The Labute approximate surface area is 270 Å². The zero-order chi connectivity index (χ0) is 32.9. The fraction of sp³-hybridized carbons (Fsp3) is 0.429. The minimum atomic E-state index is -0.768. The van der Waals surface area contributed by atoms with Crippen molar-refractivity contribution in [2.24, 2.45) is 16.6 Å². The second-order valence-corrected chi connectivity index (χ2v) is 11.5. The lowest BCUT2D eigenvalue weighted by Crippen LogP contribution is -2.54. The maximum atomic E-state index is 14.0. The van der Waals surface area contributed by atoms with Gasteiger partial charge >= 0.3 is 6.09 Å². The molecule has 0 radical (unpaired) electrons. The summed E-state index contributed by atoms with van der Waals surface area (Å²) in [5.41, 5.74) is 8.18. The van der Waals surface area contributed by atoms with Crippen molar-refractivity contribution in [2.75, 3.05) is 20.2 Å². The summed E-state index contributed by atoms with van der Waals surface area (Å²) >= 11 is 0. The number of halogens is 1. The average Bonchev–Trinajstić information content (AvgIpc) is 3.84. The number of amidine groups is 1. The van der Waals surface area contributed by atoms with E-state index < -0.39 is 18.2 Å². The van der Waals surface area contributed by atoms with Crippen molar-refractivity contribution in [1.29, 1.82) is 0 Å². The molecule has 2 amide bonds. The van der Waals surface area contributed by atoms with Crippen molar-refractivity contribution in [1.82, 2.24) is 25.5 Å². The number of H-pyrrole nitrogens is 1. The number of alkyl carbamates (subject to hydrolysis) is 1. The Morgan fingerprint density at radius 2 is 2.09 bits per heavy atom. The van der Waals surface area contributed by atoms with Crippen LogP contribution in [0.2, 0.25) is 0 Å². The zero-order valence-electron chi connectivity index (χ0n) is 26.6. The summed E-state index contributed by atoms with van der Waals surface area (Å²) in [7, 11) is 1.26. The van der Waals surface area contributed by atoms with Crippen molar-refractivity contribution < 1.29 is 18.7 Å². The van der Waals surface area contributed by atoms with Crippen molar-refractivity contribution in [3.8, 4) is 23.7 Å². The van der Waals surface area contributed by atoms with E-state index in [0.29, 0.717) is 42.8 Å². The predicted octanol–water partition coefficient (Wildman–Crippen LogP) is 4.13. The highest BCUT2D eigenvalue weighted by Gasteiger charge is 2.37. The Bertz CT molecular complexity index is 1580. The number of nitrogens with zero attached hydrogens (tertiary/aromatic N) is 3. The van der Waals surface area contributed by atoms with Crippen LogP contribution in [0.1, 0.15) is 69.1 Å². The number of aromatic nitrogens is 2. The zero-order valence-corrected chi connectivity index (χ0v) is 26.6. The summed E-state index contributed by atoms with van der Waals surface area (Å²) in [6, 6.07) is 5.70. The fourth-order valence-corrected chi connectivity index (χ4v) is 5.42. The van der Waals surface area contributed by atoms with E-state index in [2.05, 4.69) is 49.3 Å². The first-order valence-corrected chi connectivity index (χ1v) is 15.7. The van der Waals surface area contributed by atoms with Crippen LogP contribution in [0.5, 0.6) is 0 Å². The summed E-state index contributed by atoms with van der Waals surface area (Å²) in [6.45, 7) is 5.17. The largest absolute Gasteiger partial charge is 0.453 e. The van der Waals surface area contributed by atoms with Crippen LogP contribution < -0.4 is 16.4 Å². The van der Waals surface area contributed by atoms with Gasteiger partial charge in [-0.2, -0.15) is 0 Å². The molecule has 0 spiro atoms. The van der Waals surface area contributed by atoms with Gasteiger partial charge in [-0.05, 0) is 92.4 Å². The molecule has 4 rings (SSSR count). The third kappa shape index (κ3) is 9.56. The molecule has 2 aromatic rings. The van der Waals surface area contributed by atoms with Crippen LogP contribution in [-0.2, 0) is 16.0 Å². The molecule has 0 saturated carbocycles. The summed E-state index contributed by atoms with van der Waals surface area (Å²) in [6.07, 6.45) is 11.1. The number of ether oxygens (including phenoxy) is 1. The first-order chi connectivity index (χ1) is 22.3. The number of likely N-dealkylation sites (tertiary alicyclic amines) is 1. The third-order valence-corrected chi connectivity index (χ3v) is 7.88. The van der Waals surface area contributed by atoms with E-state index in [-0.39, 0.29) is 29.5 Å². The molecule has 1 aromatic heterocycles.